The quantitative estimate of drug-likeness (QED) is 0.538. The van der Waals surface area contributed by atoms with Gasteiger partial charge in [-0.3, -0.25) is 14.4 Å². The highest BCUT2D eigenvalue weighted by atomic mass is 16.2. The first-order chi connectivity index (χ1) is 13.6. The number of amides is 2. The van der Waals surface area contributed by atoms with Crippen molar-refractivity contribution in [2.45, 2.75) is 83.1 Å². The maximum atomic E-state index is 12.9. The molecule has 7 heteroatoms. The van der Waals surface area contributed by atoms with E-state index in [0.29, 0.717) is 0 Å². The van der Waals surface area contributed by atoms with E-state index < -0.39 is 17.7 Å². The number of Topliss-reactive ketones (excluding diaryl/α,β-unsaturated/α-hetero) is 1. The van der Waals surface area contributed by atoms with Crippen LogP contribution in [0.15, 0.2) is 5.10 Å². The molecular formula is C21H34N4O3. The van der Waals surface area contributed by atoms with E-state index in [-0.39, 0.29) is 17.7 Å². The van der Waals surface area contributed by atoms with Crippen LogP contribution in [0.3, 0.4) is 0 Å². The molecule has 7 nitrogen and oxygen atoms in total. The number of ketones is 1. The molecule has 0 aromatic carbocycles. The number of nitrogens with zero attached hydrogens (tertiary/aromatic N) is 2. The molecule has 0 aromatic heterocycles. The Bertz CT molecular complexity index is 607. The summed E-state index contributed by atoms with van der Waals surface area (Å²) in [5, 5.41) is 7.10. The summed E-state index contributed by atoms with van der Waals surface area (Å²) in [4.78, 5) is 40.2. The van der Waals surface area contributed by atoms with Gasteiger partial charge in [0, 0.05) is 25.9 Å². The number of amidine groups is 1. The fourth-order valence-electron chi connectivity index (χ4n) is 4.75. The second-order valence-electron chi connectivity index (χ2n) is 8.58. The zero-order valence-corrected chi connectivity index (χ0v) is 17.0. The molecule has 0 bridgehead atoms. The number of rotatable bonds is 6. The van der Waals surface area contributed by atoms with Gasteiger partial charge in [-0.25, -0.2) is 5.43 Å². The molecule has 1 unspecified atom stereocenters. The lowest BCUT2D eigenvalue weighted by Gasteiger charge is -2.31. The van der Waals surface area contributed by atoms with E-state index in [4.69, 9.17) is 0 Å². The molecule has 2 N–H and O–H groups in total. The summed E-state index contributed by atoms with van der Waals surface area (Å²) >= 11 is 0. The van der Waals surface area contributed by atoms with Crippen molar-refractivity contribution in [3.05, 3.63) is 0 Å². The molecule has 0 aromatic rings. The van der Waals surface area contributed by atoms with Gasteiger partial charge in [0.1, 0.15) is 11.9 Å². The van der Waals surface area contributed by atoms with Crippen LogP contribution < -0.4 is 10.7 Å². The lowest BCUT2D eigenvalue weighted by Crippen LogP contribution is -2.52. The van der Waals surface area contributed by atoms with Crippen molar-refractivity contribution in [1.29, 1.82) is 0 Å². The van der Waals surface area contributed by atoms with Crippen LogP contribution in [0.4, 0.5) is 0 Å². The maximum Gasteiger partial charge on any atom is 0.309 e. The lowest BCUT2D eigenvalue weighted by molar-refractivity contribution is -0.141. The molecule has 1 atom stereocenters. The van der Waals surface area contributed by atoms with Gasteiger partial charge in [0.25, 0.3) is 0 Å². The summed E-state index contributed by atoms with van der Waals surface area (Å²) in [5.74, 6) is -0.516. The van der Waals surface area contributed by atoms with E-state index in [1.54, 1.807) is 0 Å². The van der Waals surface area contributed by atoms with Gasteiger partial charge >= 0.3 is 5.91 Å². The number of likely N-dealkylation sites (tertiary alicyclic amines) is 1. The highest BCUT2D eigenvalue weighted by Crippen LogP contribution is 2.28. The van der Waals surface area contributed by atoms with Gasteiger partial charge < -0.3 is 10.2 Å². The minimum absolute atomic E-state index is 0.0249. The van der Waals surface area contributed by atoms with Gasteiger partial charge in [-0.2, -0.15) is 5.10 Å². The predicted octanol–water partition coefficient (Wildman–Crippen LogP) is 2.36. The molecule has 28 heavy (non-hydrogen) atoms. The van der Waals surface area contributed by atoms with Crippen LogP contribution in [-0.2, 0) is 14.4 Å². The molecule has 1 aliphatic heterocycles. The van der Waals surface area contributed by atoms with Crippen molar-refractivity contribution < 1.29 is 14.4 Å². The fourth-order valence-corrected chi connectivity index (χ4v) is 4.75. The second kappa shape index (κ2) is 10.0. The largest absolute Gasteiger partial charge is 0.362 e. The summed E-state index contributed by atoms with van der Waals surface area (Å²) in [6.45, 7) is 0.908. The zero-order valence-electron chi connectivity index (χ0n) is 17.0. The van der Waals surface area contributed by atoms with E-state index >= 15 is 0 Å². The van der Waals surface area contributed by atoms with Crippen molar-refractivity contribution in [2.75, 3.05) is 13.6 Å². The summed E-state index contributed by atoms with van der Waals surface area (Å²) < 4.78 is 0. The van der Waals surface area contributed by atoms with Gasteiger partial charge in [0.2, 0.25) is 11.7 Å². The highest BCUT2D eigenvalue weighted by molar-refractivity contribution is 6.38. The molecule has 2 saturated carbocycles. The molecule has 1 heterocycles. The fraction of sp³-hybridized carbons (Fsp3) is 0.810. The molecule has 0 radical (unpaired) electrons. The number of hydrogen-bond acceptors (Lipinski definition) is 4. The van der Waals surface area contributed by atoms with E-state index in [2.05, 4.69) is 15.8 Å². The van der Waals surface area contributed by atoms with E-state index in [1.165, 1.54) is 6.42 Å². The average molecular weight is 391 g/mol. The normalized spacial score (nSPS) is 24.2. The van der Waals surface area contributed by atoms with Crippen molar-refractivity contribution >= 4 is 23.4 Å². The monoisotopic (exact) mass is 390 g/mol. The van der Waals surface area contributed by atoms with E-state index in [1.807, 2.05) is 11.9 Å². The van der Waals surface area contributed by atoms with Gasteiger partial charge in [-0.15, -0.1) is 0 Å². The molecule has 3 fully saturated rings. The topological polar surface area (TPSA) is 90.9 Å². The third kappa shape index (κ3) is 5.32. The first kappa shape index (κ1) is 20.8. The van der Waals surface area contributed by atoms with Crippen molar-refractivity contribution in [3.63, 3.8) is 0 Å². The molecular weight excluding hydrogens is 356 g/mol. The Labute approximate surface area is 167 Å². The number of carbonyl (C=O) groups excluding carboxylic acids is 3. The highest BCUT2D eigenvalue weighted by Gasteiger charge is 2.36. The van der Waals surface area contributed by atoms with Crippen LogP contribution in [0.5, 0.6) is 0 Å². The van der Waals surface area contributed by atoms with Crippen molar-refractivity contribution in [3.8, 4) is 0 Å². The Morgan fingerprint density at radius 1 is 0.964 bits per heavy atom. The van der Waals surface area contributed by atoms with Crippen LogP contribution in [0, 0.1) is 11.8 Å². The standard InChI is InChI=1S/C21H34N4O3/c1-25-14-8-13-17(25)23-24-21(28)19(26)18(15-9-4-2-5-10-15)22-20(27)16-11-6-3-7-12-16/h15-16,18H,2-14H2,1H3,(H,22,27)(H,24,28)/b23-17+. The number of nitrogens with one attached hydrogen (secondary N) is 2. The van der Waals surface area contributed by atoms with Crippen LogP contribution in [0.25, 0.3) is 0 Å². The Morgan fingerprint density at radius 3 is 2.21 bits per heavy atom. The summed E-state index contributed by atoms with van der Waals surface area (Å²) in [6.07, 6.45) is 11.9. The first-order valence-electron chi connectivity index (χ1n) is 11.0. The van der Waals surface area contributed by atoms with Crippen molar-refractivity contribution in [1.82, 2.24) is 15.6 Å². The summed E-state index contributed by atoms with van der Waals surface area (Å²) in [5.41, 5.74) is 2.43. The van der Waals surface area contributed by atoms with Crippen LogP contribution >= 0.6 is 0 Å². The predicted molar refractivity (Wildman–Crippen MR) is 108 cm³/mol. The molecule has 3 aliphatic rings. The Balaban J connectivity index is 1.65. The Hall–Kier alpha value is -1.92. The van der Waals surface area contributed by atoms with E-state index in [9.17, 15) is 14.4 Å². The smallest absolute Gasteiger partial charge is 0.309 e. The van der Waals surface area contributed by atoms with Crippen LogP contribution in [0.1, 0.15) is 77.0 Å². The number of hydrogen-bond donors (Lipinski definition) is 2. The zero-order chi connectivity index (χ0) is 19.9. The van der Waals surface area contributed by atoms with Gasteiger partial charge in [-0.1, -0.05) is 38.5 Å². The van der Waals surface area contributed by atoms with Crippen molar-refractivity contribution in [2.24, 2.45) is 16.9 Å². The Kier molecular flexibility index (Phi) is 7.45. The molecule has 156 valence electrons. The minimum atomic E-state index is -0.726. The molecule has 2 amide bonds. The third-order valence-corrected chi connectivity index (χ3v) is 6.52. The second-order valence-corrected chi connectivity index (χ2v) is 8.58. The number of hydrazone groups is 1. The van der Waals surface area contributed by atoms with Crippen LogP contribution in [0.2, 0.25) is 0 Å². The van der Waals surface area contributed by atoms with Gasteiger partial charge in [0.05, 0.1) is 0 Å². The molecule has 0 spiro atoms. The minimum Gasteiger partial charge on any atom is -0.362 e. The SMILES string of the molecule is CN1CCC/C1=N\NC(=O)C(=O)C(NC(=O)C1CCCCC1)C1CCCCC1. The molecule has 3 rings (SSSR count). The Morgan fingerprint density at radius 2 is 1.61 bits per heavy atom. The molecule has 1 saturated heterocycles. The van der Waals surface area contributed by atoms with E-state index in [0.717, 1.165) is 83.0 Å². The van der Waals surface area contributed by atoms with Gasteiger partial charge in [0.15, 0.2) is 0 Å². The average Bonchev–Trinajstić information content (AvgIpc) is 3.15. The van der Waals surface area contributed by atoms with Gasteiger partial charge in [-0.05, 0) is 38.0 Å². The first-order valence-corrected chi connectivity index (χ1v) is 11.0. The lowest BCUT2D eigenvalue weighted by atomic mass is 9.81. The van der Waals surface area contributed by atoms with Crippen LogP contribution in [-0.4, -0.2) is 48.0 Å². The third-order valence-electron chi connectivity index (χ3n) is 6.52. The number of carbonyl (C=O) groups is 3. The molecule has 2 aliphatic carbocycles. The summed E-state index contributed by atoms with van der Waals surface area (Å²) in [7, 11) is 1.93. The summed E-state index contributed by atoms with van der Waals surface area (Å²) in [6, 6.07) is -0.726. The maximum absolute atomic E-state index is 12.9.